The molecule has 0 saturated carbocycles. The number of hydrogen-bond donors (Lipinski definition) is 0. The Labute approximate surface area is 133 Å². The molecule has 23 heavy (non-hydrogen) atoms. The zero-order chi connectivity index (χ0) is 16.8. The fraction of sp³-hybridized carbons (Fsp3) is 0.0769. The first-order chi connectivity index (χ1) is 10.8. The van der Waals surface area contributed by atoms with Crippen molar-refractivity contribution >= 4 is 26.8 Å². The molecule has 1 aromatic carbocycles. The number of rotatable bonds is 1. The van der Waals surface area contributed by atoms with Crippen molar-refractivity contribution in [1.82, 2.24) is 20.0 Å². The van der Waals surface area contributed by atoms with Gasteiger partial charge in [0.2, 0.25) is 0 Å². The normalized spacial score (nSPS) is 11.9. The lowest BCUT2D eigenvalue weighted by Crippen LogP contribution is -2.25. The summed E-state index contributed by atoms with van der Waals surface area (Å²) in [4.78, 5) is 16.0. The van der Waals surface area contributed by atoms with Crippen LogP contribution in [0.5, 0.6) is 0 Å². The smallest absolute Gasteiger partial charge is 0.267 e. The second-order valence-corrected chi connectivity index (χ2v) is 5.41. The molecule has 0 unspecified atom stereocenters. The SMILES string of the molecule is O=c1c2cc(C(F)(F)F)ccc2nnn1-c1ncc(Br)cc1F. The molecule has 0 aliphatic carbocycles. The standard InChI is InChI=1S/C13H5BrF4N4O/c14-7-4-9(15)11(19-5-7)22-12(23)8-3-6(13(16,17)18)1-2-10(8)20-21-22/h1-5H. The predicted octanol–water partition coefficient (Wildman–Crippen LogP) is 3.10. The Morgan fingerprint density at radius 3 is 2.57 bits per heavy atom. The Bertz CT molecular complexity index is 970. The Hall–Kier alpha value is -2.36. The molecule has 0 radical (unpaired) electrons. The van der Waals surface area contributed by atoms with Crippen LogP contribution in [0.4, 0.5) is 17.6 Å². The summed E-state index contributed by atoms with van der Waals surface area (Å²) in [5.74, 6) is -1.33. The van der Waals surface area contributed by atoms with Crippen LogP contribution in [0, 0.1) is 5.82 Å². The van der Waals surface area contributed by atoms with Crippen LogP contribution in [0.1, 0.15) is 5.56 Å². The molecule has 3 aromatic rings. The highest BCUT2D eigenvalue weighted by atomic mass is 79.9. The minimum Gasteiger partial charge on any atom is -0.267 e. The predicted molar refractivity (Wildman–Crippen MR) is 75.6 cm³/mol. The van der Waals surface area contributed by atoms with E-state index in [1.807, 2.05) is 0 Å². The Kier molecular flexibility index (Phi) is 3.63. The third-order valence-electron chi connectivity index (χ3n) is 2.98. The lowest BCUT2D eigenvalue weighted by atomic mass is 10.1. The largest absolute Gasteiger partial charge is 0.416 e. The van der Waals surface area contributed by atoms with Crippen molar-refractivity contribution in [3.8, 4) is 5.82 Å². The average Bonchev–Trinajstić information content (AvgIpc) is 2.47. The number of aromatic nitrogens is 4. The Morgan fingerprint density at radius 1 is 1.17 bits per heavy atom. The summed E-state index contributed by atoms with van der Waals surface area (Å²) in [7, 11) is 0. The van der Waals surface area contributed by atoms with E-state index in [9.17, 15) is 22.4 Å². The van der Waals surface area contributed by atoms with E-state index in [1.54, 1.807) is 0 Å². The fourth-order valence-corrected chi connectivity index (χ4v) is 2.22. The van der Waals surface area contributed by atoms with Gasteiger partial charge in [0, 0.05) is 10.7 Å². The highest BCUT2D eigenvalue weighted by Gasteiger charge is 2.31. The van der Waals surface area contributed by atoms with E-state index in [2.05, 4.69) is 31.2 Å². The lowest BCUT2D eigenvalue weighted by Gasteiger charge is -2.08. The second-order valence-electron chi connectivity index (χ2n) is 4.50. The molecule has 0 spiro atoms. The molecule has 0 bridgehead atoms. The number of hydrogen-bond acceptors (Lipinski definition) is 4. The Balaban J connectivity index is 2.27. The van der Waals surface area contributed by atoms with Crippen LogP contribution in [-0.4, -0.2) is 20.0 Å². The number of alkyl halides is 3. The zero-order valence-corrected chi connectivity index (χ0v) is 12.6. The molecule has 10 heteroatoms. The first-order valence-corrected chi connectivity index (χ1v) is 6.85. The number of nitrogens with zero attached hydrogens (tertiary/aromatic N) is 4. The maximum Gasteiger partial charge on any atom is 0.416 e. The van der Waals surface area contributed by atoms with E-state index < -0.39 is 28.9 Å². The highest BCUT2D eigenvalue weighted by Crippen LogP contribution is 2.30. The number of halogens is 5. The maximum atomic E-state index is 13.9. The third-order valence-corrected chi connectivity index (χ3v) is 3.41. The maximum absolute atomic E-state index is 13.9. The van der Waals surface area contributed by atoms with Gasteiger partial charge in [-0.05, 0) is 40.2 Å². The van der Waals surface area contributed by atoms with Crippen molar-refractivity contribution in [2.45, 2.75) is 6.18 Å². The Morgan fingerprint density at radius 2 is 1.91 bits per heavy atom. The van der Waals surface area contributed by atoms with Crippen LogP contribution in [0.2, 0.25) is 0 Å². The molecule has 2 aromatic heterocycles. The van der Waals surface area contributed by atoms with Crippen molar-refractivity contribution in [2.75, 3.05) is 0 Å². The van der Waals surface area contributed by atoms with E-state index in [0.29, 0.717) is 15.2 Å². The molecule has 0 aliphatic heterocycles. The van der Waals surface area contributed by atoms with Crippen LogP contribution in [-0.2, 0) is 6.18 Å². The van der Waals surface area contributed by atoms with Crippen molar-refractivity contribution in [3.63, 3.8) is 0 Å². The molecular formula is C13H5BrF4N4O. The molecule has 0 fully saturated rings. The number of fused-ring (bicyclic) bond motifs is 1. The molecule has 0 atom stereocenters. The first kappa shape index (κ1) is 15.5. The lowest BCUT2D eigenvalue weighted by molar-refractivity contribution is -0.137. The monoisotopic (exact) mass is 388 g/mol. The van der Waals surface area contributed by atoms with Crippen LogP contribution in [0.25, 0.3) is 16.7 Å². The van der Waals surface area contributed by atoms with Gasteiger partial charge in [-0.3, -0.25) is 4.79 Å². The van der Waals surface area contributed by atoms with Crippen LogP contribution < -0.4 is 5.56 Å². The summed E-state index contributed by atoms with van der Waals surface area (Å²) in [6.45, 7) is 0. The van der Waals surface area contributed by atoms with E-state index in [1.165, 1.54) is 6.20 Å². The van der Waals surface area contributed by atoms with Gasteiger partial charge >= 0.3 is 6.18 Å². The molecule has 0 aliphatic rings. The van der Waals surface area contributed by atoms with Crippen LogP contribution in [0.15, 0.2) is 39.7 Å². The summed E-state index contributed by atoms with van der Waals surface area (Å²) in [6.07, 6.45) is -3.39. The highest BCUT2D eigenvalue weighted by molar-refractivity contribution is 9.10. The van der Waals surface area contributed by atoms with Crippen molar-refractivity contribution < 1.29 is 17.6 Å². The van der Waals surface area contributed by atoms with Gasteiger partial charge in [0.15, 0.2) is 11.6 Å². The van der Waals surface area contributed by atoms with Gasteiger partial charge in [0.1, 0.15) is 5.52 Å². The quantitative estimate of drug-likeness (QED) is 0.601. The minimum absolute atomic E-state index is 0.0308. The molecule has 0 saturated heterocycles. The molecule has 0 amide bonds. The average molecular weight is 389 g/mol. The van der Waals surface area contributed by atoms with Crippen molar-refractivity contribution in [3.05, 3.63) is 56.7 Å². The van der Waals surface area contributed by atoms with Crippen molar-refractivity contribution in [1.29, 1.82) is 0 Å². The topological polar surface area (TPSA) is 60.7 Å². The van der Waals surface area contributed by atoms with Crippen LogP contribution in [0.3, 0.4) is 0 Å². The molecule has 0 N–H and O–H groups in total. The van der Waals surface area contributed by atoms with Crippen LogP contribution >= 0.6 is 15.9 Å². The summed E-state index contributed by atoms with van der Waals surface area (Å²) >= 11 is 3.01. The molecular weight excluding hydrogens is 384 g/mol. The van der Waals surface area contributed by atoms with Gasteiger partial charge in [0.25, 0.3) is 5.56 Å². The van der Waals surface area contributed by atoms with Gasteiger partial charge in [-0.1, -0.05) is 5.21 Å². The second kappa shape index (κ2) is 5.37. The molecule has 118 valence electrons. The van der Waals surface area contributed by atoms with E-state index in [4.69, 9.17) is 0 Å². The third kappa shape index (κ3) is 2.81. The van der Waals surface area contributed by atoms with Crippen molar-refractivity contribution in [2.24, 2.45) is 0 Å². The number of benzene rings is 1. The first-order valence-electron chi connectivity index (χ1n) is 6.06. The van der Waals surface area contributed by atoms with Gasteiger partial charge in [0.05, 0.1) is 10.9 Å². The van der Waals surface area contributed by atoms with Gasteiger partial charge in [-0.25, -0.2) is 9.37 Å². The summed E-state index contributed by atoms with van der Waals surface area (Å²) < 4.78 is 53.0. The van der Waals surface area contributed by atoms with Gasteiger partial charge in [-0.2, -0.15) is 17.9 Å². The fourth-order valence-electron chi connectivity index (χ4n) is 1.92. The number of pyridine rings is 1. The molecule has 3 rings (SSSR count). The summed E-state index contributed by atoms with van der Waals surface area (Å²) in [6, 6.07) is 3.52. The minimum atomic E-state index is -4.62. The molecule has 2 heterocycles. The van der Waals surface area contributed by atoms with Gasteiger partial charge in [-0.15, -0.1) is 5.10 Å². The van der Waals surface area contributed by atoms with E-state index in [0.717, 1.165) is 18.2 Å². The van der Waals surface area contributed by atoms with E-state index in [-0.39, 0.29) is 10.9 Å². The van der Waals surface area contributed by atoms with Gasteiger partial charge < -0.3 is 0 Å². The van der Waals surface area contributed by atoms with E-state index >= 15 is 0 Å². The zero-order valence-electron chi connectivity index (χ0n) is 11.0. The summed E-state index contributed by atoms with van der Waals surface area (Å²) in [5.41, 5.74) is -1.99. The molecule has 5 nitrogen and oxygen atoms in total. The summed E-state index contributed by atoms with van der Waals surface area (Å²) in [5, 5.41) is 6.81.